The van der Waals surface area contributed by atoms with Crippen LogP contribution < -0.4 is 15.6 Å². The number of rotatable bonds is 7. The largest absolute Gasteiger partial charge is 0.466 e. The van der Waals surface area contributed by atoms with Gasteiger partial charge in [-0.3, -0.25) is 20.4 Å². The van der Waals surface area contributed by atoms with Crippen LogP contribution >= 0.6 is 0 Å². The first-order valence-electron chi connectivity index (χ1n) is 9.26. The Morgan fingerprint density at radius 3 is 2.17 bits per heavy atom. The SMILES string of the molecule is Cc1ccc(S(=O)(=O)N[C@@H](CC(C)C)C(=O)NNC(=O)c2cc(C)oc2C)cc1. The smallest absolute Gasteiger partial charge is 0.273 e. The molecule has 0 spiro atoms. The topological polar surface area (TPSA) is 118 Å². The molecule has 2 amide bonds. The summed E-state index contributed by atoms with van der Waals surface area (Å²) in [5.41, 5.74) is 5.82. The summed E-state index contributed by atoms with van der Waals surface area (Å²) in [5.74, 6) is -0.158. The van der Waals surface area contributed by atoms with Gasteiger partial charge in [0, 0.05) is 0 Å². The first-order chi connectivity index (χ1) is 13.5. The highest BCUT2D eigenvalue weighted by Crippen LogP contribution is 2.14. The van der Waals surface area contributed by atoms with Crippen molar-refractivity contribution in [3.63, 3.8) is 0 Å². The van der Waals surface area contributed by atoms with Crippen LogP contribution in [0.15, 0.2) is 39.6 Å². The molecule has 2 rings (SSSR count). The van der Waals surface area contributed by atoms with E-state index in [-0.39, 0.29) is 17.2 Å². The molecule has 0 aliphatic carbocycles. The van der Waals surface area contributed by atoms with Crippen LogP contribution in [0, 0.1) is 26.7 Å². The molecule has 0 aliphatic rings. The van der Waals surface area contributed by atoms with E-state index in [0.29, 0.717) is 17.1 Å². The standard InChI is InChI=1S/C20H27N3O5S/c1-12(2)10-18(23-29(26,27)16-8-6-13(3)7-9-16)20(25)22-21-19(24)17-11-14(4)28-15(17)5/h6-9,11-12,18,23H,10H2,1-5H3,(H,21,24)(H,22,25)/t18-/m0/s1. The average molecular weight is 422 g/mol. The van der Waals surface area contributed by atoms with Gasteiger partial charge in [0.1, 0.15) is 17.6 Å². The lowest BCUT2D eigenvalue weighted by molar-refractivity contribution is -0.123. The van der Waals surface area contributed by atoms with E-state index in [1.54, 1.807) is 32.0 Å². The van der Waals surface area contributed by atoms with Gasteiger partial charge in [0.25, 0.3) is 11.8 Å². The number of carbonyl (C=O) groups is 2. The van der Waals surface area contributed by atoms with Gasteiger partial charge in [-0.2, -0.15) is 4.72 Å². The van der Waals surface area contributed by atoms with E-state index >= 15 is 0 Å². The Bertz CT molecular complexity index is 978. The van der Waals surface area contributed by atoms with Crippen molar-refractivity contribution in [3.8, 4) is 0 Å². The van der Waals surface area contributed by atoms with E-state index in [1.807, 2.05) is 20.8 Å². The molecule has 1 aromatic carbocycles. The molecule has 0 saturated carbocycles. The van der Waals surface area contributed by atoms with E-state index < -0.39 is 27.9 Å². The minimum Gasteiger partial charge on any atom is -0.466 e. The molecule has 29 heavy (non-hydrogen) atoms. The van der Waals surface area contributed by atoms with E-state index in [4.69, 9.17) is 4.42 Å². The van der Waals surface area contributed by atoms with Gasteiger partial charge in [-0.15, -0.1) is 0 Å². The lowest BCUT2D eigenvalue weighted by atomic mass is 10.0. The normalized spacial score (nSPS) is 12.6. The second-order valence-electron chi connectivity index (χ2n) is 7.39. The van der Waals surface area contributed by atoms with Crippen LogP contribution in [0.1, 0.15) is 47.7 Å². The number of sulfonamides is 1. The maximum atomic E-state index is 12.7. The fourth-order valence-electron chi connectivity index (χ4n) is 2.78. The van der Waals surface area contributed by atoms with E-state index in [1.165, 1.54) is 12.1 Å². The molecule has 0 aliphatic heterocycles. The summed E-state index contributed by atoms with van der Waals surface area (Å²) in [4.78, 5) is 24.9. The molecule has 2 aromatic rings. The number of carbonyl (C=O) groups excluding carboxylic acids is 2. The zero-order valence-corrected chi connectivity index (χ0v) is 18.0. The van der Waals surface area contributed by atoms with Crippen molar-refractivity contribution in [2.24, 2.45) is 5.92 Å². The minimum atomic E-state index is -3.90. The molecule has 158 valence electrons. The van der Waals surface area contributed by atoms with Crippen LogP contribution in [-0.4, -0.2) is 26.3 Å². The number of hydrogen-bond donors (Lipinski definition) is 3. The summed E-state index contributed by atoms with van der Waals surface area (Å²) in [7, 11) is -3.90. The molecular weight excluding hydrogens is 394 g/mol. The maximum Gasteiger partial charge on any atom is 0.273 e. The predicted molar refractivity (Wildman–Crippen MR) is 109 cm³/mol. The first kappa shape index (κ1) is 22.6. The molecule has 0 unspecified atom stereocenters. The Hall–Kier alpha value is -2.65. The third-order valence-electron chi connectivity index (χ3n) is 4.24. The van der Waals surface area contributed by atoms with Gasteiger partial charge < -0.3 is 4.42 Å². The molecule has 1 aromatic heterocycles. The third kappa shape index (κ3) is 6.16. The highest BCUT2D eigenvalue weighted by molar-refractivity contribution is 7.89. The number of benzene rings is 1. The van der Waals surface area contributed by atoms with E-state index in [9.17, 15) is 18.0 Å². The molecular formula is C20H27N3O5S. The Labute approximate surface area is 171 Å². The molecule has 1 heterocycles. The van der Waals surface area contributed by atoms with Crippen LogP contribution in [0.3, 0.4) is 0 Å². The lowest BCUT2D eigenvalue weighted by Gasteiger charge is -2.20. The number of hydrazine groups is 1. The zero-order valence-electron chi connectivity index (χ0n) is 17.2. The Morgan fingerprint density at radius 2 is 1.66 bits per heavy atom. The van der Waals surface area contributed by atoms with Gasteiger partial charge >= 0.3 is 0 Å². The van der Waals surface area contributed by atoms with Gasteiger partial charge in [-0.05, 0) is 51.3 Å². The van der Waals surface area contributed by atoms with Crippen molar-refractivity contribution < 1.29 is 22.4 Å². The van der Waals surface area contributed by atoms with Crippen molar-refractivity contribution in [3.05, 3.63) is 53.0 Å². The molecule has 9 heteroatoms. The van der Waals surface area contributed by atoms with Crippen LogP contribution in [-0.2, 0) is 14.8 Å². The fourth-order valence-corrected chi connectivity index (χ4v) is 3.99. The number of nitrogens with one attached hydrogen (secondary N) is 3. The molecule has 3 N–H and O–H groups in total. The Morgan fingerprint density at radius 1 is 1.03 bits per heavy atom. The maximum absolute atomic E-state index is 12.7. The third-order valence-corrected chi connectivity index (χ3v) is 5.72. The highest BCUT2D eigenvalue weighted by Gasteiger charge is 2.27. The second-order valence-corrected chi connectivity index (χ2v) is 9.10. The summed E-state index contributed by atoms with van der Waals surface area (Å²) in [6.45, 7) is 8.94. The average Bonchev–Trinajstić information content (AvgIpc) is 2.97. The molecule has 1 atom stereocenters. The van der Waals surface area contributed by atoms with Crippen LogP contribution in [0.25, 0.3) is 0 Å². The van der Waals surface area contributed by atoms with Crippen LogP contribution in [0.2, 0.25) is 0 Å². The van der Waals surface area contributed by atoms with Crippen molar-refractivity contribution in [1.82, 2.24) is 15.6 Å². The van der Waals surface area contributed by atoms with Crippen molar-refractivity contribution in [2.45, 2.75) is 52.0 Å². The van der Waals surface area contributed by atoms with Crippen LogP contribution in [0.5, 0.6) is 0 Å². The van der Waals surface area contributed by atoms with Gasteiger partial charge in [0.2, 0.25) is 10.0 Å². The van der Waals surface area contributed by atoms with Gasteiger partial charge in [0.05, 0.1) is 10.5 Å². The van der Waals surface area contributed by atoms with Crippen molar-refractivity contribution in [1.29, 1.82) is 0 Å². The summed E-state index contributed by atoms with van der Waals surface area (Å²) in [6.07, 6.45) is 0.261. The van der Waals surface area contributed by atoms with Gasteiger partial charge in [-0.25, -0.2) is 8.42 Å². The minimum absolute atomic E-state index is 0.0425. The van der Waals surface area contributed by atoms with Crippen molar-refractivity contribution in [2.75, 3.05) is 0 Å². The second kappa shape index (κ2) is 9.23. The molecule has 0 saturated heterocycles. The number of aryl methyl sites for hydroxylation is 3. The Kier molecular flexibility index (Phi) is 7.21. The number of amides is 2. The van der Waals surface area contributed by atoms with E-state index in [2.05, 4.69) is 15.6 Å². The summed E-state index contributed by atoms with van der Waals surface area (Å²) < 4.78 is 33.0. The fraction of sp³-hybridized carbons (Fsp3) is 0.400. The van der Waals surface area contributed by atoms with Crippen LogP contribution in [0.4, 0.5) is 0 Å². The quantitative estimate of drug-likeness (QED) is 0.593. The summed E-state index contributed by atoms with van der Waals surface area (Å²) >= 11 is 0. The predicted octanol–water partition coefficient (Wildman–Crippen LogP) is 2.36. The lowest BCUT2D eigenvalue weighted by Crippen LogP contribution is -2.52. The molecule has 0 fully saturated rings. The highest BCUT2D eigenvalue weighted by atomic mass is 32.2. The first-order valence-corrected chi connectivity index (χ1v) is 10.7. The van der Waals surface area contributed by atoms with Gasteiger partial charge in [-0.1, -0.05) is 31.5 Å². The summed E-state index contributed by atoms with van der Waals surface area (Å²) in [5, 5.41) is 0. The molecule has 8 nitrogen and oxygen atoms in total. The van der Waals surface area contributed by atoms with Gasteiger partial charge in [0.15, 0.2) is 0 Å². The number of hydrogen-bond acceptors (Lipinski definition) is 5. The number of furan rings is 1. The molecule has 0 bridgehead atoms. The monoisotopic (exact) mass is 421 g/mol. The Balaban J connectivity index is 2.10. The molecule has 0 radical (unpaired) electrons. The van der Waals surface area contributed by atoms with Crippen molar-refractivity contribution >= 4 is 21.8 Å². The summed E-state index contributed by atoms with van der Waals surface area (Å²) in [6, 6.07) is 6.83. The zero-order chi connectivity index (χ0) is 21.8. The van der Waals surface area contributed by atoms with E-state index in [0.717, 1.165) is 5.56 Å².